The van der Waals surface area contributed by atoms with Gasteiger partial charge in [-0.1, -0.05) is 48.5 Å². The van der Waals surface area contributed by atoms with E-state index in [-0.39, 0.29) is 24.0 Å². The van der Waals surface area contributed by atoms with Crippen LogP contribution in [0, 0.1) is 6.92 Å². The topological polar surface area (TPSA) is 130 Å². The number of fused-ring (bicyclic) bond motifs is 2. The van der Waals surface area contributed by atoms with Crippen LogP contribution in [0.25, 0.3) is 21.9 Å². The third-order valence-corrected chi connectivity index (χ3v) is 8.07. The highest BCUT2D eigenvalue weighted by Crippen LogP contribution is 2.23. The zero-order valence-electron chi connectivity index (χ0n) is 25.4. The average molecular weight is 604 g/mol. The van der Waals surface area contributed by atoms with Crippen molar-refractivity contribution < 1.29 is 14.3 Å². The molecule has 3 aromatic carbocycles. The summed E-state index contributed by atoms with van der Waals surface area (Å²) in [7, 11) is 0. The van der Waals surface area contributed by atoms with Crippen molar-refractivity contribution in [2.24, 2.45) is 0 Å². The van der Waals surface area contributed by atoms with Gasteiger partial charge in [0.05, 0.1) is 47.8 Å². The number of aromatic amines is 2. The molecule has 0 aliphatic carbocycles. The lowest BCUT2D eigenvalue weighted by Gasteiger charge is -2.26. The van der Waals surface area contributed by atoms with E-state index in [9.17, 15) is 9.59 Å². The van der Waals surface area contributed by atoms with Gasteiger partial charge in [0.15, 0.2) is 0 Å². The first-order chi connectivity index (χ1) is 21.9. The van der Waals surface area contributed by atoms with E-state index in [0.29, 0.717) is 38.1 Å². The molecule has 6 aromatic rings. The van der Waals surface area contributed by atoms with Crippen LogP contribution in [0.2, 0.25) is 0 Å². The second-order valence-corrected chi connectivity index (χ2v) is 11.3. The first-order valence-electron chi connectivity index (χ1n) is 15.2. The van der Waals surface area contributed by atoms with Gasteiger partial charge >= 0.3 is 0 Å². The predicted octanol–water partition coefficient (Wildman–Crippen LogP) is 5.91. The van der Waals surface area contributed by atoms with Crippen molar-refractivity contribution in [3.05, 3.63) is 114 Å². The molecule has 2 atom stereocenters. The molecule has 0 fully saturated rings. The third-order valence-electron chi connectivity index (χ3n) is 8.07. The van der Waals surface area contributed by atoms with Gasteiger partial charge in [0.1, 0.15) is 11.5 Å². The summed E-state index contributed by atoms with van der Waals surface area (Å²) in [6, 6.07) is 23.7. The average Bonchev–Trinajstić information content (AvgIpc) is 3.82. The molecule has 0 aliphatic rings. The van der Waals surface area contributed by atoms with Gasteiger partial charge in [-0.25, -0.2) is 9.97 Å². The van der Waals surface area contributed by atoms with Gasteiger partial charge in [-0.05, 0) is 61.0 Å². The van der Waals surface area contributed by atoms with E-state index in [0.717, 1.165) is 44.6 Å². The number of rotatable bonds is 13. The van der Waals surface area contributed by atoms with Crippen molar-refractivity contribution in [3.63, 3.8) is 0 Å². The van der Waals surface area contributed by atoms with Crippen LogP contribution in [-0.4, -0.2) is 48.5 Å². The van der Waals surface area contributed by atoms with E-state index < -0.39 is 0 Å². The van der Waals surface area contributed by atoms with E-state index in [2.05, 4.69) is 41.2 Å². The van der Waals surface area contributed by atoms with Crippen molar-refractivity contribution in [1.82, 2.24) is 29.8 Å². The second-order valence-electron chi connectivity index (χ2n) is 11.3. The molecule has 0 bridgehead atoms. The van der Waals surface area contributed by atoms with E-state index in [1.807, 2.05) is 86.8 Å². The number of carbonyl (C=O) groups excluding carboxylic acids is 2. The molecular formula is C35H37N7O3. The maximum absolute atomic E-state index is 12.9. The molecule has 0 aliphatic heterocycles. The first-order valence-corrected chi connectivity index (χ1v) is 15.2. The summed E-state index contributed by atoms with van der Waals surface area (Å²) in [6.07, 6.45) is 6.25. The Morgan fingerprint density at radius 2 is 1.91 bits per heavy atom. The zero-order valence-corrected chi connectivity index (χ0v) is 25.4. The number of para-hydroxylation sites is 1. The summed E-state index contributed by atoms with van der Waals surface area (Å²) in [5, 5.41) is 7.24. The molecule has 0 saturated carbocycles. The summed E-state index contributed by atoms with van der Waals surface area (Å²) in [6.45, 7) is 5.10. The molecule has 3 aromatic heterocycles. The highest BCUT2D eigenvalue weighted by molar-refractivity contribution is 5.94. The Labute approximate surface area is 261 Å². The molecule has 3 heterocycles. The maximum atomic E-state index is 12.9. The Bertz CT molecular complexity index is 1890. The Morgan fingerprint density at radius 3 is 2.71 bits per heavy atom. The van der Waals surface area contributed by atoms with Crippen LogP contribution in [0.3, 0.4) is 0 Å². The lowest BCUT2D eigenvalue weighted by molar-refractivity contribution is -0.116. The third kappa shape index (κ3) is 7.30. The molecule has 10 nitrogen and oxygen atoms in total. The minimum Gasteiger partial charge on any atom is -0.372 e. The van der Waals surface area contributed by atoms with Gasteiger partial charge < -0.3 is 29.9 Å². The monoisotopic (exact) mass is 603 g/mol. The summed E-state index contributed by atoms with van der Waals surface area (Å²) in [5.74, 6) is 0.498. The van der Waals surface area contributed by atoms with Gasteiger partial charge in [0.25, 0.3) is 5.91 Å². The standard InChI is InChI=1S/C35H37N7O3/c1-23-7-6-10-29-34(23)41-32(39-29)13-14-33(43)38-27-12-11-26-15-17-42(31(26)19-27)18-16-28(40-35(44)30-20-36-22-37-30)24(2)45-21-25-8-4-3-5-9-25/h3-12,15,17,19-20,22,24,28H,13-14,16,18,21H2,1-2H3,(H,36,37)(H,38,43)(H,39,41)(H,40,44)/t24-,28+/m0/s1. The normalized spacial score (nSPS) is 12.8. The molecule has 6 rings (SSSR count). The Balaban J connectivity index is 1.10. The number of aryl methyl sites for hydroxylation is 3. The van der Waals surface area contributed by atoms with E-state index >= 15 is 0 Å². The van der Waals surface area contributed by atoms with Crippen LogP contribution >= 0.6 is 0 Å². The van der Waals surface area contributed by atoms with Crippen LogP contribution < -0.4 is 10.6 Å². The Morgan fingerprint density at radius 1 is 1.04 bits per heavy atom. The molecule has 0 spiro atoms. The molecule has 10 heteroatoms. The summed E-state index contributed by atoms with van der Waals surface area (Å²) < 4.78 is 8.34. The highest BCUT2D eigenvalue weighted by atomic mass is 16.5. The number of carbonyl (C=O) groups is 2. The number of amides is 2. The predicted molar refractivity (Wildman–Crippen MR) is 175 cm³/mol. The highest BCUT2D eigenvalue weighted by Gasteiger charge is 2.22. The van der Waals surface area contributed by atoms with Crippen molar-refractivity contribution >= 4 is 39.4 Å². The molecule has 2 amide bonds. The number of hydrogen-bond acceptors (Lipinski definition) is 5. The van der Waals surface area contributed by atoms with Crippen molar-refractivity contribution in [1.29, 1.82) is 0 Å². The van der Waals surface area contributed by atoms with Gasteiger partial charge in [0, 0.05) is 31.3 Å². The Kier molecular flexibility index (Phi) is 9.02. The molecule has 230 valence electrons. The zero-order chi connectivity index (χ0) is 31.2. The summed E-state index contributed by atoms with van der Waals surface area (Å²) >= 11 is 0. The fraction of sp³-hybridized carbons (Fsp3) is 0.257. The largest absolute Gasteiger partial charge is 0.372 e. The smallest absolute Gasteiger partial charge is 0.269 e. The quantitative estimate of drug-likeness (QED) is 0.130. The van der Waals surface area contributed by atoms with Gasteiger partial charge in [-0.3, -0.25) is 9.59 Å². The fourth-order valence-corrected chi connectivity index (χ4v) is 5.50. The van der Waals surface area contributed by atoms with Crippen molar-refractivity contribution in [3.8, 4) is 0 Å². The lowest BCUT2D eigenvalue weighted by atomic mass is 10.1. The van der Waals surface area contributed by atoms with Gasteiger partial charge in [-0.2, -0.15) is 0 Å². The first kappa shape index (κ1) is 29.8. The summed E-state index contributed by atoms with van der Waals surface area (Å²) in [4.78, 5) is 40.6. The molecule has 0 radical (unpaired) electrons. The molecule has 4 N–H and O–H groups in total. The Hall–Kier alpha value is -5.22. The molecule has 45 heavy (non-hydrogen) atoms. The minimum atomic E-state index is -0.258. The number of nitrogens with zero attached hydrogens (tertiary/aromatic N) is 3. The van der Waals surface area contributed by atoms with Crippen LogP contribution in [0.5, 0.6) is 0 Å². The number of H-pyrrole nitrogens is 2. The lowest BCUT2D eigenvalue weighted by Crippen LogP contribution is -2.44. The van der Waals surface area contributed by atoms with Crippen LogP contribution in [0.15, 0.2) is 91.5 Å². The van der Waals surface area contributed by atoms with E-state index in [4.69, 9.17) is 4.74 Å². The van der Waals surface area contributed by atoms with E-state index in [1.165, 1.54) is 12.5 Å². The fourth-order valence-electron chi connectivity index (χ4n) is 5.50. The van der Waals surface area contributed by atoms with Gasteiger partial charge in [-0.15, -0.1) is 0 Å². The molecular weight excluding hydrogens is 566 g/mol. The SMILES string of the molecule is Cc1cccc2[nH]c(CCC(=O)Nc3ccc4ccn(CC[C@@H](NC(=O)c5cnc[nH]5)[C@H](C)OCc5ccccc5)c4c3)nc12. The molecule has 0 saturated heterocycles. The van der Waals surface area contributed by atoms with Crippen molar-refractivity contribution in [2.45, 2.75) is 58.4 Å². The second kappa shape index (κ2) is 13.6. The van der Waals surface area contributed by atoms with Crippen LogP contribution in [0.1, 0.15) is 47.2 Å². The van der Waals surface area contributed by atoms with E-state index in [1.54, 1.807) is 0 Å². The number of aromatic nitrogens is 5. The number of hydrogen-bond donors (Lipinski definition) is 4. The van der Waals surface area contributed by atoms with Gasteiger partial charge in [0.2, 0.25) is 5.91 Å². The molecule has 0 unspecified atom stereocenters. The number of imidazole rings is 2. The number of ether oxygens (including phenoxy) is 1. The number of anilines is 1. The van der Waals surface area contributed by atoms with Crippen molar-refractivity contribution in [2.75, 3.05) is 5.32 Å². The summed E-state index contributed by atoms with van der Waals surface area (Å²) in [5.41, 5.74) is 6.24. The van der Waals surface area contributed by atoms with Crippen LogP contribution in [0.4, 0.5) is 5.69 Å². The number of benzene rings is 3. The maximum Gasteiger partial charge on any atom is 0.269 e. The minimum absolute atomic E-state index is 0.0735. The number of nitrogens with one attached hydrogen (secondary N) is 4. The van der Waals surface area contributed by atoms with Crippen LogP contribution in [-0.2, 0) is 29.1 Å².